The zero-order valence-electron chi connectivity index (χ0n) is 7.42. The molecule has 0 aliphatic heterocycles. The molecule has 0 saturated heterocycles. The minimum atomic E-state index is 0.285. The Kier molecular flexibility index (Phi) is 3.99. The maximum absolute atomic E-state index is 9.22. The Morgan fingerprint density at radius 2 is 2.31 bits per heavy atom. The number of rotatable bonds is 3. The summed E-state index contributed by atoms with van der Waals surface area (Å²) in [5.74, 6) is 0.285. The topological polar surface area (TPSA) is 32.3 Å². The predicted molar refractivity (Wildman–Crippen MR) is 58.8 cm³/mol. The van der Waals surface area contributed by atoms with Crippen molar-refractivity contribution in [1.29, 1.82) is 0 Å². The van der Waals surface area contributed by atoms with Gasteiger partial charge < -0.3 is 10.4 Å². The first kappa shape index (κ1) is 10.3. The van der Waals surface area contributed by atoms with E-state index >= 15 is 0 Å². The summed E-state index contributed by atoms with van der Waals surface area (Å²) in [7, 11) is 1.89. The number of likely N-dealkylation sites (N-methyl/N-ethyl adjacent to an activating group) is 1. The largest absolute Gasteiger partial charge is 0.508 e. The molecular weight excluding hydrogens is 230 g/mol. The van der Waals surface area contributed by atoms with Gasteiger partial charge in [-0.25, -0.2) is 0 Å². The van der Waals surface area contributed by atoms with Crippen molar-refractivity contribution in [3.63, 3.8) is 0 Å². The fraction of sp³-hybridized carbons (Fsp3) is 0.200. The van der Waals surface area contributed by atoms with Crippen LogP contribution in [-0.2, 0) is 0 Å². The van der Waals surface area contributed by atoms with Crippen LogP contribution in [0.1, 0.15) is 5.56 Å². The zero-order valence-corrected chi connectivity index (χ0v) is 9.01. The SMILES string of the molecule is CNCC=Cc1cc(O)ccc1Br. The Bertz CT molecular complexity index is 310. The van der Waals surface area contributed by atoms with Crippen molar-refractivity contribution < 1.29 is 5.11 Å². The van der Waals surface area contributed by atoms with Crippen LogP contribution in [0.4, 0.5) is 0 Å². The molecule has 0 fully saturated rings. The number of aromatic hydroxyl groups is 1. The maximum Gasteiger partial charge on any atom is 0.116 e. The molecule has 0 aromatic heterocycles. The molecular formula is C10H12BrNO. The smallest absolute Gasteiger partial charge is 0.116 e. The molecule has 3 heteroatoms. The highest BCUT2D eigenvalue weighted by molar-refractivity contribution is 9.10. The van der Waals surface area contributed by atoms with Gasteiger partial charge in [0.15, 0.2) is 0 Å². The minimum Gasteiger partial charge on any atom is -0.508 e. The lowest BCUT2D eigenvalue weighted by molar-refractivity contribution is 0.475. The molecule has 13 heavy (non-hydrogen) atoms. The fourth-order valence-electron chi connectivity index (χ4n) is 0.963. The van der Waals surface area contributed by atoms with Crippen molar-refractivity contribution in [2.75, 3.05) is 13.6 Å². The average molecular weight is 242 g/mol. The highest BCUT2D eigenvalue weighted by atomic mass is 79.9. The van der Waals surface area contributed by atoms with Gasteiger partial charge in [-0.15, -0.1) is 0 Å². The van der Waals surface area contributed by atoms with E-state index in [9.17, 15) is 5.11 Å². The summed E-state index contributed by atoms with van der Waals surface area (Å²) < 4.78 is 0.984. The molecule has 0 heterocycles. The third-order valence-electron chi connectivity index (χ3n) is 1.60. The number of benzene rings is 1. The van der Waals surface area contributed by atoms with Crippen LogP contribution in [0.15, 0.2) is 28.7 Å². The second-order valence-corrected chi connectivity index (χ2v) is 3.52. The summed E-state index contributed by atoms with van der Waals surface area (Å²) >= 11 is 3.40. The second-order valence-electron chi connectivity index (χ2n) is 2.67. The van der Waals surface area contributed by atoms with Crippen molar-refractivity contribution in [3.8, 4) is 5.75 Å². The van der Waals surface area contributed by atoms with Crippen LogP contribution in [0.5, 0.6) is 5.75 Å². The molecule has 0 unspecified atom stereocenters. The Balaban J connectivity index is 2.81. The monoisotopic (exact) mass is 241 g/mol. The Labute approximate surface area is 86.4 Å². The van der Waals surface area contributed by atoms with E-state index in [1.807, 2.05) is 25.3 Å². The molecule has 2 nitrogen and oxygen atoms in total. The Morgan fingerprint density at radius 1 is 1.54 bits per heavy atom. The molecule has 0 aliphatic rings. The molecule has 70 valence electrons. The number of nitrogens with one attached hydrogen (secondary N) is 1. The van der Waals surface area contributed by atoms with Crippen LogP contribution >= 0.6 is 15.9 Å². The van der Waals surface area contributed by atoms with Gasteiger partial charge in [0.1, 0.15) is 5.75 Å². The Morgan fingerprint density at radius 3 is 3.00 bits per heavy atom. The normalized spacial score (nSPS) is 10.9. The number of halogens is 1. The third-order valence-corrected chi connectivity index (χ3v) is 2.32. The molecule has 0 amide bonds. The second kappa shape index (κ2) is 5.04. The van der Waals surface area contributed by atoms with Crippen LogP contribution in [0.3, 0.4) is 0 Å². The third kappa shape index (κ3) is 3.20. The number of hydrogen-bond donors (Lipinski definition) is 2. The van der Waals surface area contributed by atoms with Crippen LogP contribution in [-0.4, -0.2) is 18.7 Å². The standard InChI is InChI=1S/C10H12BrNO/c1-12-6-2-3-8-7-9(13)4-5-10(8)11/h2-5,7,12-13H,6H2,1H3. The van der Waals surface area contributed by atoms with Crippen LogP contribution in [0.2, 0.25) is 0 Å². The first-order valence-electron chi connectivity index (χ1n) is 4.03. The Hall–Kier alpha value is -0.800. The summed E-state index contributed by atoms with van der Waals surface area (Å²) in [6, 6.07) is 5.20. The van der Waals surface area contributed by atoms with E-state index in [1.54, 1.807) is 12.1 Å². The summed E-state index contributed by atoms with van der Waals surface area (Å²) in [5.41, 5.74) is 0.982. The lowest BCUT2D eigenvalue weighted by atomic mass is 10.2. The van der Waals surface area contributed by atoms with Crippen molar-refractivity contribution in [1.82, 2.24) is 5.32 Å². The first-order valence-corrected chi connectivity index (χ1v) is 4.83. The highest BCUT2D eigenvalue weighted by Gasteiger charge is 1.96. The lowest BCUT2D eigenvalue weighted by Crippen LogP contribution is -2.03. The van der Waals surface area contributed by atoms with E-state index in [2.05, 4.69) is 21.2 Å². The van der Waals surface area contributed by atoms with E-state index < -0.39 is 0 Å². The van der Waals surface area contributed by atoms with Crippen molar-refractivity contribution in [2.45, 2.75) is 0 Å². The molecule has 0 bridgehead atoms. The van der Waals surface area contributed by atoms with Crippen molar-refractivity contribution in [3.05, 3.63) is 34.3 Å². The van der Waals surface area contributed by atoms with Crippen LogP contribution < -0.4 is 5.32 Å². The summed E-state index contributed by atoms with van der Waals surface area (Å²) in [4.78, 5) is 0. The average Bonchev–Trinajstić information content (AvgIpc) is 2.11. The molecule has 0 radical (unpaired) electrons. The van der Waals surface area contributed by atoms with Gasteiger partial charge in [-0.3, -0.25) is 0 Å². The molecule has 0 atom stereocenters. The van der Waals surface area contributed by atoms with Gasteiger partial charge in [0, 0.05) is 11.0 Å². The van der Waals surface area contributed by atoms with Gasteiger partial charge in [0.2, 0.25) is 0 Å². The van der Waals surface area contributed by atoms with E-state index in [0.29, 0.717) is 0 Å². The molecule has 0 saturated carbocycles. The van der Waals surface area contributed by atoms with Gasteiger partial charge in [0.05, 0.1) is 0 Å². The van der Waals surface area contributed by atoms with E-state index in [-0.39, 0.29) is 5.75 Å². The predicted octanol–water partition coefficient (Wildman–Crippen LogP) is 2.39. The van der Waals surface area contributed by atoms with Gasteiger partial charge >= 0.3 is 0 Å². The highest BCUT2D eigenvalue weighted by Crippen LogP contribution is 2.22. The zero-order chi connectivity index (χ0) is 9.68. The van der Waals surface area contributed by atoms with Crippen LogP contribution in [0, 0.1) is 0 Å². The van der Waals surface area contributed by atoms with Gasteiger partial charge in [-0.2, -0.15) is 0 Å². The quantitative estimate of drug-likeness (QED) is 0.852. The number of hydrogen-bond acceptors (Lipinski definition) is 2. The first-order chi connectivity index (χ1) is 6.24. The molecule has 2 N–H and O–H groups in total. The van der Waals surface area contributed by atoms with Crippen molar-refractivity contribution in [2.24, 2.45) is 0 Å². The molecule has 0 aliphatic carbocycles. The van der Waals surface area contributed by atoms with E-state index in [1.165, 1.54) is 0 Å². The van der Waals surface area contributed by atoms with E-state index in [0.717, 1.165) is 16.6 Å². The number of phenols is 1. The molecule has 1 rings (SSSR count). The molecule has 1 aromatic rings. The molecule has 0 spiro atoms. The summed E-state index contributed by atoms with van der Waals surface area (Å²) in [5, 5.41) is 12.2. The van der Waals surface area contributed by atoms with Gasteiger partial charge in [0.25, 0.3) is 0 Å². The fourth-order valence-corrected chi connectivity index (χ4v) is 1.34. The summed E-state index contributed by atoms with van der Waals surface area (Å²) in [6.45, 7) is 0.822. The summed E-state index contributed by atoms with van der Waals surface area (Å²) in [6.07, 6.45) is 3.96. The van der Waals surface area contributed by atoms with Crippen LogP contribution in [0.25, 0.3) is 6.08 Å². The van der Waals surface area contributed by atoms with E-state index in [4.69, 9.17) is 0 Å². The number of phenolic OH excluding ortho intramolecular Hbond substituents is 1. The molecule has 1 aromatic carbocycles. The maximum atomic E-state index is 9.22. The van der Waals surface area contributed by atoms with Crippen molar-refractivity contribution >= 4 is 22.0 Å². The lowest BCUT2D eigenvalue weighted by Gasteiger charge is -1.99. The minimum absolute atomic E-state index is 0.285. The van der Waals surface area contributed by atoms with Gasteiger partial charge in [-0.1, -0.05) is 28.1 Å². The van der Waals surface area contributed by atoms with Gasteiger partial charge in [-0.05, 0) is 30.8 Å².